The topological polar surface area (TPSA) is 65.4 Å². The van der Waals surface area contributed by atoms with Crippen LogP contribution in [0.25, 0.3) is 11.3 Å². The van der Waals surface area contributed by atoms with Gasteiger partial charge in [-0.3, -0.25) is 4.79 Å². The van der Waals surface area contributed by atoms with Crippen molar-refractivity contribution in [2.45, 2.75) is 26.8 Å². The Labute approximate surface area is 162 Å². The number of anilines is 2. The summed E-state index contributed by atoms with van der Waals surface area (Å²) >= 11 is 1.54. The average Bonchev–Trinajstić information content (AvgIpc) is 3.24. The Morgan fingerprint density at radius 2 is 2.04 bits per heavy atom. The van der Waals surface area contributed by atoms with Gasteiger partial charge in [-0.15, -0.1) is 11.3 Å². The van der Waals surface area contributed by atoms with Crippen molar-refractivity contribution in [2.75, 3.05) is 19.5 Å². The fraction of sp³-hybridized carbons (Fsp3) is 0.300. The largest absolute Gasteiger partial charge is 0.495 e. The zero-order valence-corrected chi connectivity index (χ0v) is 16.7. The number of aromatic nitrogens is 2. The van der Waals surface area contributed by atoms with Crippen molar-refractivity contribution < 1.29 is 14.3 Å². The fourth-order valence-corrected chi connectivity index (χ4v) is 3.75. The first-order valence-corrected chi connectivity index (χ1v) is 9.51. The maximum Gasteiger partial charge on any atom is 0.307 e. The van der Waals surface area contributed by atoms with E-state index in [2.05, 4.69) is 16.0 Å². The van der Waals surface area contributed by atoms with Crippen molar-refractivity contribution in [3.8, 4) is 17.0 Å². The van der Waals surface area contributed by atoms with Crippen molar-refractivity contribution in [3.05, 3.63) is 47.1 Å². The second-order valence-electron chi connectivity index (χ2n) is 6.13. The standard InChI is InChI=1S/C20H23N3O3S/c1-13-11-15(14(2)23(13)10-9-19(24)26-4)17-12-27-20(22-17)21-16-7-5-6-8-18(16)25-3/h5-8,11-12H,9-10H2,1-4H3,(H,21,22). The molecular weight excluding hydrogens is 362 g/mol. The minimum atomic E-state index is -0.207. The molecule has 3 aromatic rings. The van der Waals surface area contributed by atoms with Crippen molar-refractivity contribution in [2.24, 2.45) is 0 Å². The lowest BCUT2D eigenvalue weighted by molar-refractivity contribution is -0.140. The summed E-state index contributed by atoms with van der Waals surface area (Å²) in [6.07, 6.45) is 0.351. The molecule has 1 aromatic carbocycles. The molecule has 0 fully saturated rings. The van der Waals surface area contributed by atoms with Gasteiger partial charge >= 0.3 is 5.97 Å². The summed E-state index contributed by atoms with van der Waals surface area (Å²) in [7, 11) is 3.06. The van der Waals surface area contributed by atoms with E-state index in [0.29, 0.717) is 13.0 Å². The van der Waals surface area contributed by atoms with E-state index < -0.39 is 0 Å². The van der Waals surface area contributed by atoms with Crippen LogP contribution in [0.3, 0.4) is 0 Å². The summed E-state index contributed by atoms with van der Waals surface area (Å²) in [5.41, 5.74) is 5.05. The van der Waals surface area contributed by atoms with E-state index in [1.54, 1.807) is 18.4 Å². The molecule has 7 heteroatoms. The molecule has 0 unspecified atom stereocenters. The van der Waals surface area contributed by atoms with Gasteiger partial charge in [-0.2, -0.15) is 0 Å². The van der Waals surface area contributed by atoms with Gasteiger partial charge in [0.1, 0.15) is 5.75 Å². The minimum Gasteiger partial charge on any atom is -0.495 e. The Kier molecular flexibility index (Phi) is 5.81. The monoisotopic (exact) mass is 385 g/mol. The van der Waals surface area contributed by atoms with Crippen molar-refractivity contribution >= 4 is 28.1 Å². The zero-order valence-electron chi connectivity index (χ0n) is 15.9. The van der Waals surface area contributed by atoms with Crippen molar-refractivity contribution in [1.82, 2.24) is 9.55 Å². The summed E-state index contributed by atoms with van der Waals surface area (Å²) < 4.78 is 12.2. The molecular formula is C20H23N3O3S. The Hall–Kier alpha value is -2.80. The number of aryl methyl sites for hydroxylation is 1. The van der Waals surface area contributed by atoms with Gasteiger partial charge in [-0.05, 0) is 32.0 Å². The summed E-state index contributed by atoms with van der Waals surface area (Å²) in [5, 5.41) is 6.15. The van der Waals surface area contributed by atoms with Crippen LogP contribution in [0.1, 0.15) is 17.8 Å². The number of nitrogens with zero attached hydrogens (tertiary/aromatic N) is 2. The highest BCUT2D eigenvalue weighted by molar-refractivity contribution is 7.14. The lowest BCUT2D eigenvalue weighted by Gasteiger charge is -2.09. The number of hydrogen-bond donors (Lipinski definition) is 1. The number of carbonyl (C=O) groups is 1. The lowest BCUT2D eigenvalue weighted by Crippen LogP contribution is -2.09. The van der Waals surface area contributed by atoms with Gasteiger partial charge in [0, 0.05) is 28.9 Å². The highest BCUT2D eigenvalue weighted by Crippen LogP contribution is 2.33. The molecule has 2 heterocycles. The van der Waals surface area contributed by atoms with Crippen LogP contribution in [-0.2, 0) is 16.1 Å². The van der Waals surface area contributed by atoms with E-state index in [0.717, 1.165) is 39.2 Å². The Bertz CT molecular complexity index is 946. The molecule has 2 aromatic heterocycles. The molecule has 0 amide bonds. The molecule has 27 heavy (non-hydrogen) atoms. The lowest BCUT2D eigenvalue weighted by atomic mass is 10.2. The quantitative estimate of drug-likeness (QED) is 0.605. The van der Waals surface area contributed by atoms with E-state index in [-0.39, 0.29) is 5.97 Å². The predicted molar refractivity (Wildman–Crippen MR) is 108 cm³/mol. The van der Waals surface area contributed by atoms with E-state index in [9.17, 15) is 4.79 Å². The van der Waals surface area contributed by atoms with Crippen LogP contribution < -0.4 is 10.1 Å². The minimum absolute atomic E-state index is 0.207. The first kappa shape index (κ1) is 19.0. The molecule has 1 N–H and O–H groups in total. The first-order valence-electron chi connectivity index (χ1n) is 8.63. The average molecular weight is 385 g/mol. The van der Waals surface area contributed by atoms with Crippen LogP contribution in [0.2, 0.25) is 0 Å². The van der Waals surface area contributed by atoms with Gasteiger partial charge in [0.25, 0.3) is 0 Å². The van der Waals surface area contributed by atoms with Crippen LogP contribution in [0.15, 0.2) is 35.7 Å². The van der Waals surface area contributed by atoms with E-state index in [1.165, 1.54) is 7.11 Å². The number of carbonyl (C=O) groups excluding carboxylic acids is 1. The summed E-state index contributed by atoms with van der Waals surface area (Å²) in [6.45, 7) is 4.68. The van der Waals surface area contributed by atoms with Gasteiger partial charge < -0.3 is 19.4 Å². The third kappa shape index (κ3) is 4.14. The molecule has 0 aliphatic rings. The third-order valence-electron chi connectivity index (χ3n) is 4.47. The van der Waals surface area contributed by atoms with E-state index >= 15 is 0 Å². The normalized spacial score (nSPS) is 10.7. The Balaban J connectivity index is 1.81. The predicted octanol–water partition coefficient (Wildman–Crippen LogP) is 4.54. The highest BCUT2D eigenvalue weighted by Gasteiger charge is 2.15. The second-order valence-corrected chi connectivity index (χ2v) is 6.98. The SMILES string of the molecule is COC(=O)CCn1c(C)cc(-c2csc(Nc3ccccc3OC)n2)c1C. The fourth-order valence-electron chi connectivity index (χ4n) is 3.03. The molecule has 0 saturated heterocycles. The molecule has 0 atom stereocenters. The van der Waals surface area contributed by atoms with Gasteiger partial charge in [-0.25, -0.2) is 4.98 Å². The van der Waals surface area contributed by atoms with Gasteiger partial charge in [0.2, 0.25) is 0 Å². The number of benzene rings is 1. The van der Waals surface area contributed by atoms with Crippen molar-refractivity contribution in [3.63, 3.8) is 0 Å². The summed E-state index contributed by atoms with van der Waals surface area (Å²) in [4.78, 5) is 16.2. The molecule has 0 aliphatic carbocycles. The molecule has 3 rings (SSSR count). The maximum absolute atomic E-state index is 11.4. The number of methoxy groups -OCH3 is 2. The first-order chi connectivity index (χ1) is 13.0. The highest BCUT2D eigenvalue weighted by atomic mass is 32.1. The number of thiazole rings is 1. The van der Waals surface area contributed by atoms with Gasteiger partial charge in [0.15, 0.2) is 5.13 Å². The maximum atomic E-state index is 11.4. The van der Waals surface area contributed by atoms with E-state index in [1.807, 2.05) is 43.5 Å². The number of ether oxygens (including phenoxy) is 2. The second kappa shape index (κ2) is 8.26. The Morgan fingerprint density at radius 3 is 2.78 bits per heavy atom. The van der Waals surface area contributed by atoms with Gasteiger partial charge in [-0.1, -0.05) is 12.1 Å². The number of rotatable bonds is 7. The number of esters is 1. The number of para-hydroxylation sites is 2. The van der Waals surface area contributed by atoms with Crippen LogP contribution in [-0.4, -0.2) is 29.7 Å². The van der Waals surface area contributed by atoms with E-state index in [4.69, 9.17) is 14.5 Å². The molecule has 142 valence electrons. The third-order valence-corrected chi connectivity index (χ3v) is 5.23. The summed E-state index contributed by atoms with van der Waals surface area (Å²) in [5.74, 6) is 0.566. The molecule has 0 saturated carbocycles. The molecule has 6 nitrogen and oxygen atoms in total. The molecule has 0 aliphatic heterocycles. The summed E-state index contributed by atoms with van der Waals surface area (Å²) in [6, 6.07) is 9.85. The van der Waals surface area contributed by atoms with Crippen LogP contribution in [0.4, 0.5) is 10.8 Å². The van der Waals surface area contributed by atoms with Crippen LogP contribution in [0, 0.1) is 13.8 Å². The zero-order chi connectivity index (χ0) is 19.4. The Morgan fingerprint density at radius 1 is 1.26 bits per heavy atom. The van der Waals surface area contributed by atoms with Crippen LogP contribution >= 0.6 is 11.3 Å². The smallest absolute Gasteiger partial charge is 0.307 e. The van der Waals surface area contributed by atoms with Crippen molar-refractivity contribution in [1.29, 1.82) is 0 Å². The van der Waals surface area contributed by atoms with Gasteiger partial charge in [0.05, 0.1) is 32.0 Å². The number of hydrogen-bond acceptors (Lipinski definition) is 6. The molecule has 0 spiro atoms. The molecule has 0 bridgehead atoms. The number of nitrogens with one attached hydrogen (secondary N) is 1. The molecule has 0 radical (unpaired) electrons. The van der Waals surface area contributed by atoms with Crippen LogP contribution in [0.5, 0.6) is 5.75 Å².